The van der Waals surface area contributed by atoms with Crippen molar-refractivity contribution in [3.8, 4) is 23.0 Å². The number of pyridine rings is 1. The molecule has 2 amide bonds. The number of carbonyl (C=O) groups excluding carboxylic acids is 2. The van der Waals surface area contributed by atoms with Gasteiger partial charge in [-0.15, -0.1) is 0 Å². The monoisotopic (exact) mass is 645 g/mol. The second-order valence-electron chi connectivity index (χ2n) is 10.3. The molecule has 1 aliphatic rings. The van der Waals surface area contributed by atoms with Crippen LogP contribution in [0.5, 0.6) is 23.0 Å². The minimum absolute atomic E-state index is 0. The van der Waals surface area contributed by atoms with E-state index in [1.165, 1.54) is 37.4 Å². The summed E-state index contributed by atoms with van der Waals surface area (Å²) in [5.41, 5.74) is 0.154. The SMILES string of the molecule is COc1cc2c(Oc3ccc(NC(=O)C4(C(=O)Nc5ccc(F)cc5)CC4)cc3Cl)ccnc2cc1OCCCCC(=O)O.[NaH]. The Labute approximate surface area is 285 Å². The number of hydrogen-bond donors (Lipinski definition) is 3. The summed E-state index contributed by atoms with van der Waals surface area (Å²) in [6, 6.07) is 15.2. The van der Waals surface area contributed by atoms with Gasteiger partial charge >= 0.3 is 35.5 Å². The summed E-state index contributed by atoms with van der Waals surface area (Å²) in [5, 5.41) is 15.1. The third-order valence-electron chi connectivity index (χ3n) is 7.16. The molecule has 230 valence electrons. The molecule has 0 saturated heterocycles. The summed E-state index contributed by atoms with van der Waals surface area (Å²) in [5.74, 6) is -0.494. The van der Waals surface area contributed by atoms with E-state index in [2.05, 4.69) is 15.6 Å². The number of halogens is 2. The maximum absolute atomic E-state index is 13.2. The van der Waals surface area contributed by atoms with Gasteiger partial charge in [-0.1, -0.05) is 11.6 Å². The summed E-state index contributed by atoms with van der Waals surface area (Å²) in [4.78, 5) is 41.1. The number of nitrogens with zero attached hydrogens (tertiary/aromatic N) is 1. The van der Waals surface area contributed by atoms with Crippen LogP contribution in [0.3, 0.4) is 0 Å². The van der Waals surface area contributed by atoms with E-state index in [-0.39, 0.29) is 41.0 Å². The van der Waals surface area contributed by atoms with Crippen LogP contribution < -0.4 is 24.8 Å². The van der Waals surface area contributed by atoms with E-state index in [1.807, 2.05) is 0 Å². The number of unbranched alkanes of at least 4 members (excludes halogenated alkanes) is 1. The molecule has 3 aromatic carbocycles. The third kappa shape index (κ3) is 8.23. The van der Waals surface area contributed by atoms with Gasteiger partial charge in [0, 0.05) is 35.4 Å². The standard InChI is InChI=1S/C32H29ClFN3O7.Na.H/c1-42-27-17-22-24(18-28(27)43-15-3-2-4-29(38)39)35-14-11-25(22)44-26-10-9-21(16-23(26)33)37-31(41)32(12-13-32)30(40)36-20-7-5-19(34)6-8-20;;/h5-11,14,16-18H,2-4,12-13,15H2,1H3,(H,36,40)(H,37,41)(H,38,39);;. The zero-order valence-corrected chi connectivity index (χ0v) is 24.4. The fraction of sp³-hybridized carbons (Fsp3) is 0.250. The molecule has 1 saturated carbocycles. The first-order chi connectivity index (χ1) is 21.2. The number of carbonyl (C=O) groups is 3. The van der Waals surface area contributed by atoms with Gasteiger partial charge in [0.1, 0.15) is 22.7 Å². The molecule has 10 nitrogen and oxygen atoms in total. The third-order valence-corrected chi connectivity index (χ3v) is 7.46. The number of fused-ring (bicyclic) bond motifs is 1. The van der Waals surface area contributed by atoms with Crippen LogP contribution in [0.4, 0.5) is 15.8 Å². The normalized spacial score (nSPS) is 12.9. The topological polar surface area (TPSA) is 136 Å². The Morgan fingerprint density at radius 1 is 0.911 bits per heavy atom. The first kappa shape index (κ1) is 34.0. The summed E-state index contributed by atoms with van der Waals surface area (Å²) < 4.78 is 30.6. The first-order valence-electron chi connectivity index (χ1n) is 13.9. The van der Waals surface area contributed by atoms with Gasteiger partial charge in [-0.05, 0) is 80.3 Å². The molecule has 0 bridgehead atoms. The number of hydrogen-bond acceptors (Lipinski definition) is 7. The van der Waals surface area contributed by atoms with Gasteiger partial charge in [0.25, 0.3) is 0 Å². The molecule has 1 aromatic heterocycles. The fourth-order valence-electron chi connectivity index (χ4n) is 4.55. The van der Waals surface area contributed by atoms with Crippen molar-refractivity contribution >= 4 is 81.2 Å². The number of nitrogens with one attached hydrogen (secondary N) is 2. The van der Waals surface area contributed by atoms with Crippen LogP contribution in [-0.2, 0) is 14.4 Å². The van der Waals surface area contributed by atoms with Crippen molar-refractivity contribution in [3.05, 3.63) is 77.7 Å². The van der Waals surface area contributed by atoms with Crippen LogP contribution in [0.1, 0.15) is 32.1 Å². The van der Waals surface area contributed by atoms with Crippen molar-refractivity contribution in [1.29, 1.82) is 0 Å². The Balaban J connectivity index is 0.00000461. The Kier molecular flexibility index (Phi) is 11.3. The number of benzene rings is 3. The predicted molar refractivity (Wildman–Crippen MR) is 169 cm³/mol. The fourth-order valence-corrected chi connectivity index (χ4v) is 4.77. The number of ether oxygens (including phenoxy) is 3. The van der Waals surface area contributed by atoms with E-state index in [1.54, 1.807) is 36.5 Å². The molecule has 0 aliphatic heterocycles. The quantitative estimate of drug-likeness (QED) is 0.0892. The van der Waals surface area contributed by atoms with Crippen molar-refractivity contribution in [3.63, 3.8) is 0 Å². The molecule has 0 atom stereocenters. The molecule has 0 spiro atoms. The Hall–Kier alpha value is -3.90. The average Bonchev–Trinajstić information content (AvgIpc) is 3.82. The average molecular weight is 646 g/mol. The summed E-state index contributed by atoms with van der Waals surface area (Å²) in [6.45, 7) is 0.323. The van der Waals surface area contributed by atoms with Crippen LogP contribution in [0.25, 0.3) is 10.9 Å². The molecule has 1 heterocycles. The first-order valence-corrected chi connectivity index (χ1v) is 14.2. The number of methoxy groups -OCH3 is 1. The Morgan fingerprint density at radius 2 is 1.60 bits per heavy atom. The Morgan fingerprint density at radius 3 is 2.24 bits per heavy atom. The number of aromatic nitrogens is 1. The van der Waals surface area contributed by atoms with Crippen LogP contribution >= 0.6 is 11.6 Å². The number of rotatable bonds is 13. The molecule has 4 aromatic rings. The molecule has 13 heteroatoms. The molecule has 3 N–H and O–H groups in total. The molecule has 0 unspecified atom stereocenters. The summed E-state index contributed by atoms with van der Waals surface area (Å²) >= 11 is 6.53. The number of aliphatic carboxylic acids is 1. The van der Waals surface area contributed by atoms with Crippen LogP contribution in [0.2, 0.25) is 5.02 Å². The zero-order valence-electron chi connectivity index (χ0n) is 23.7. The van der Waals surface area contributed by atoms with Gasteiger partial charge in [-0.25, -0.2) is 4.39 Å². The number of carboxylic acid groups (broad SMARTS) is 1. The van der Waals surface area contributed by atoms with E-state index < -0.39 is 29.0 Å². The molecule has 1 aliphatic carbocycles. The molecule has 45 heavy (non-hydrogen) atoms. The zero-order chi connectivity index (χ0) is 31.3. The van der Waals surface area contributed by atoms with Crippen LogP contribution in [0, 0.1) is 11.2 Å². The minimum atomic E-state index is -1.22. The number of amides is 2. The number of carboxylic acids is 1. The molecule has 1 fully saturated rings. The second kappa shape index (κ2) is 14.9. The second-order valence-corrected chi connectivity index (χ2v) is 10.7. The van der Waals surface area contributed by atoms with Crippen molar-refractivity contribution in [2.24, 2.45) is 5.41 Å². The van der Waals surface area contributed by atoms with Crippen molar-refractivity contribution < 1.29 is 38.1 Å². The van der Waals surface area contributed by atoms with Gasteiger partial charge in [-0.3, -0.25) is 19.4 Å². The van der Waals surface area contributed by atoms with Gasteiger partial charge in [0.2, 0.25) is 11.8 Å². The van der Waals surface area contributed by atoms with Gasteiger partial charge in [0.15, 0.2) is 11.5 Å². The van der Waals surface area contributed by atoms with E-state index >= 15 is 0 Å². The van der Waals surface area contributed by atoms with Gasteiger partial charge < -0.3 is 30.0 Å². The van der Waals surface area contributed by atoms with Gasteiger partial charge in [0.05, 0.1) is 24.3 Å². The molecule has 5 rings (SSSR count). The van der Waals surface area contributed by atoms with Crippen LogP contribution in [-0.4, -0.2) is 71.1 Å². The van der Waals surface area contributed by atoms with E-state index in [9.17, 15) is 18.8 Å². The molecular formula is C32H30ClFN3NaO7. The van der Waals surface area contributed by atoms with E-state index in [4.69, 9.17) is 30.9 Å². The number of anilines is 2. The summed E-state index contributed by atoms with van der Waals surface area (Å²) in [7, 11) is 1.51. The molecule has 0 radical (unpaired) electrons. The van der Waals surface area contributed by atoms with Crippen molar-refractivity contribution in [2.45, 2.75) is 32.1 Å². The van der Waals surface area contributed by atoms with E-state index in [0.717, 1.165) is 0 Å². The van der Waals surface area contributed by atoms with Crippen molar-refractivity contribution in [1.82, 2.24) is 4.98 Å². The summed E-state index contributed by atoms with van der Waals surface area (Å²) in [6.07, 6.45) is 3.50. The van der Waals surface area contributed by atoms with E-state index in [0.29, 0.717) is 77.6 Å². The van der Waals surface area contributed by atoms with Crippen LogP contribution in [0.15, 0.2) is 66.9 Å². The molecular weight excluding hydrogens is 616 g/mol. The van der Waals surface area contributed by atoms with Gasteiger partial charge in [-0.2, -0.15) is 0 Å². The predicted octanol–water partition coefficient (Wildman–Crippen LogP) is 6.17. The maximum atomic E-state index is 13.2. The Bertz CT molecular complexity index is 1720. The van der Waals surface area contributed by atoms with Crippen molar-refractivity contribution in [2.75, 3.05) is 24.4 Å².